The number of nitrogens with one attached hydrogen (secondary N) is 1. The molecule has 0 aliphatic rings. The van der Waals surface area contributed by atoms with Crippen LogP contribution >= 0.6 is 11.6 Å². The first-order valence-corrected chi connectivity index (χ1v) is 9.44. The standard InChI is InChI=1S/C23H20ClN3O/c1-14-4-8-17(9-5-14)26-21-13-20(28)22-19(12-16(3)25-23(22)24)27(21)18-10-6-15(2)7-11-18/h4-13,26H,1-3H3. The van der Waals surface area contributed by atoms with E-state index in [-0.39, 0.29) is 10.6 Å². The molecule has 0 radical (unpaired) electrons. The summed E-state index contributed by atoms with van der Waals surface area (Å²) in [4.78, 5) is 17.1. The van der Waals surface area contributed by atoms with Crippen LogP contribution in [0.2, 0.25) is 5.15 Å². The van der Waals surface area contributed by atoms with Crippen LogP contribution in [0.15, 0.2) is 65.5 Å². The van der Waals surface area contributed by atoms with Crippen molar-refractivity contribution in [2.24, 2.45) is 0 Å². The molecule has 140 valence electrons. The van der Waals surface area contributed by atoms with Gasteiger partial charge in [0.2, 0.25) is 0 Å². The lowest BCUT2D eigenvalue weighted by Gasteiger charge is -2.19. The summed E-state index contributed by atoms with van der Waals surface area (Å²) >= 11 is 6.34. The molecule has 5 heteroatoms. The van der Waals surface area contributed by atoms with E-state index in [0.29, 0.717) is 11.2 Å². The predicted octanol–water partition coefficient (Wildman–Crippen LogP) is 5.71. The van der Waals surface area contributed by atoms with Crippen molar-refractivity contribution in [1.29, 1.82) is 0 Å². The Labute approximate surface area is 168 Å². The molecule has 0 aliphatic heterocycles. The highest BCUT2D eigenvalue weighted by atomic mass is 35.5. The summed E-state index contributed by atoms with van der Waals surface area (Å²) in [5, 5.41) is 4.03. The second-order valence-corrected chi connectivity index (χ2v) is 7.36. The predicted molar refractivity (Wildman–Crippen MR) is 116 cm³/mol. The van der Waals surface area contributed by atoms with Gasteiger partial charge in [0, 0.05) is 23.1 Å². The number of pyridine rings is 2. The van der Waals surface area contributed by atoms with Gasteiger partial charge in [-0.05, 0) is 51.1 Å². The Morgan fingerprint density at radius 1 is 0.893 bits per heavy atom. The molecule has 0 amide bonds. The largest absolute Gasteiger partial charge is 0.341 e. The minimum absolute atomic E-state index is 0.162. The number of hydrogen-bond donors (Lipinski definition) is 1. The second kappa shape index (κ2) is 7.13. The zero-order chi connectivity index (χ0) is 19.8. The highest BCUT2D eigenvalue weighted by Crippen LogP contribution is 2.28. The zero-order valence-corrected chi connectivity index (χ0v) is 16.7. The fourth-order valence-corrected chi connectivity index (χ4v) is 3.59. The van der Waals surface area contributed by atoms with Gasteiger partial charge in [0.1, 0.15) is 11.0 Å². The Morgan fingerprint density at radius 2 is 1.50 bits per heavy atom. The number of benzene rings is 2. The summed E-state index contributed by atoms with van der Waals surface area (Å²) in [6, 6.07) is 19.7. The third-order valence-electron chi connectivity index (χ3n) is 4.69. The quantitative estimate of drug-likeness (QED) is 0.456. The SMILES string of the molecule is Cc1ccc(Nc2cc(=O)c3c(Cl)nc(C)cc3n2-c2ccc(C)cc2)cc1. The first-order chi connectivity index (χ1) is 13.4. The van der Waals surface area contributed by atoms with Gasteiger partial charge in [0.25, 0.3) is 0 Å². The molecule has 0 unspecified atom stereocenters. The van der Waals surface area contributed by atoms with Crippen LogP contribution < -0.4 is 10.7 Å². The average Bonchev–Trinajstić information content (AvgIpc) is 2.64. The number of nitrogens with zero attached hydrogens (tertiary/aromatic N) is 2. The van der Waals surface area contributed by atoms with E-state index in [1.54, 1.807) is 6.07 Å². The summed E-state index contributed by atoms with van der Waals surface area (Å²) in [5.74, 6) is 0.673. The maximum Gasteiger partial charge on any atom is 0.194 e. The number of anilines is 2. The van der Waals surface area contributed by atoms with E-state index in [1.165, 1.54) is 5.56 Å². The van der Waals surface area contributed by atoms with Crippen LogP contribution in [0.4, 0.5) is 11.5 Å². The van der Waals surface area contributed by atoms with Gasteiger partial charge < -0.3 is 5.32 Å². The average molecular weight is 390 g/mol. The van der Waals surface area contributed by atoms with Crippen LogP contribution in [0.1, 0.15) is 16.8 Å². The van der Waals surface area contributed by atoms with Gasteiger partial charge in [0.15, 0.2) is 5.43 Å². The highest BCUT2D eigenvalue weighted by Gasteiger charge is 2.15. The van der Waals surface area contributed by atoms with Gasteiger partial charge >= 0.3 is 0 Å². The van der Waals surface area contributed by atoms with Crippen LogP contribution in [-0.4, -0.2) is 9.55 Å². The van der Waals surface area contributed by atoms with E-state index in [2.05, 4.69) is 10.3 Å². The molecule has 4 rings (SSSR count). The molecule has 4 nitrogen and oxygen atoms in total. The number of fused-ring (bicyclic) bond motifs is 1. The molecule has 0 spiro atoms. The van der Waals surface area contributed by atoms with Gasteiger partial charge in [-0.15, -0.1) is 0 Å². The van der Waals surface area contributed by atoms with Crippen LogP contribution in [0, 0.1) is 20.8 Å². The normalized spacial score (nSPS) is 11.0. The van der Waals surface area contributed by atoms with Gasteiger partial charge in [0.05, 0.1) is 10.9 Å². The van der Waals surface area contributed by atoms with E-state index in [4.69, 9.17) is 11.6 Å². The minimum Gasteiger partial charge on any atom is -0.341 e. The third kappa shape index (κ3) is 3.39. The van der Waals surface area contributed by atoms with Crippen molar-refractivity contribution in [3.8, 4) is 5.69 Å². The molecule has 0 saturated heterocycles. The van der Waals surface area contributed by atoms with E-state index in [1.807, 2.05) is 79.9 Å². The number of rotatable bonds is 3. The number of aromatic nitrogens is 2. The fraction of sp³-hybridized carbons (Fsp3) is 0.130. The van der Waals surface area contributed by atoms with Crippen molar-refractivity contribution in [2.75, 3.05) is 5.32 Å². The third-order valence-corrected chi connectivity index (χ3v) is 4.97. The van der Waals surface area contributed by atoms with E-state index >= 15 is 0 Å². The number of hydrogen-bond acceptors (Lipinski definition) is 3. The van der Waals surface area contributed by atoms with Gasteiger partial charge in [-0.3, -0.25) is 9.36 Å². The number of halogens is 1. The molecule has 0 bridgehead atoms. The molecule has 0 saturated carbocycles. The Hall–Kier alpha value is -3.11. The van der Waals surface area contributed by atoms with Gasteiger partial charge in [-0.2, -0.15) is 0 Å². The summed E-state index contributed by atoms with van der Waals surface area (Å²) < 4.78 is 2.01. The van der Waals surface area contributed by atoms with E-state index < -0.39 is 0 Å². The summed E-state index contributed by atoms with van der Waals surface area (Å²) in [7, 11) is 0. The zero-order valence-electron chi connectivity index (χ0n) is 16.0. The lowest BCUT2D eigenvalue weighted by atomic mass is 10.1. The first kappa shape index (κ1) is 18.3. The minimum atomic E-state index is -0.162. The summed E-state index contributed by atoms with van der Waals surface area (Å²) in [6.07, 6.45) is 0. The molecule has 4 aromatic rings. The fourth-order valence-electron chi connectivity index (χ4n) is 3.26. The van der Waals surface area contributed by atoms with Gasteiger partial charge in [-0.25, -0.2) is 4.98 Å². The molecular weight excluding hydrogens is 370 g/mol. The van der Waals surface area contributed by atoms with Crippen molar-refractivity contribution >= 4 is 34.0 Å². The van der Waals surface area contributed by atoms with Crippen LogP contribution in [-0.2, 0) is 0 Å². The monoisotopic (exact) mass is 389 g/mol. The van der Waals surface area contributed by atoms with E-state index in [0.717, 1.165) is 28.1 Å². The Balaban J connectivity index is 2.02. The molecule has 0 fully saturated rings. The molecule has 0 atom stereocenters. The van der Waals surface area contributed by atoms with Crippen LogP contribution in [0.5, 0.6) is 0 Å². The summed E-state index contributed by atoms with van der Waals surface area (Å²) in [5.41, 5.74) is 5.50. The molecule has 2 aromatic heterocycles. The van der Waals surface area contributed by atoms with Crippen molar-refractivity contribution < 1.29 is 0 Å². The lowest BCUT2D eigenvalue weighted by Crippen LogP contribution is -2.13. The molecule has 2 heterocycles. The van der Waals surface area contributed by atoms with Crippen molar-refractivity contribution in [2.45, 2.75) is 20.8 Å². The van der Waals surface area contributed by atoms with E-state index in [9.17, 15) is 4.79 Å². The maximum atomic E-state index is 12.8. The maximum absolute atomic E-state index is 12.8. The topological polar surface area (TPSA) is 46.9 Å². The van der Waals surface area contributed by atoms with Crippen molar-refractivity contribution in [1.82, 2.24) is 9.55 Å². The molecule has 2 aromatic carbocycles. The molecule has 28 heavy (non-hydrogen) atoms. The first-order valence-electron chi connectivity index (χ1n) is 9.06. The van der Waals surface area contributed by atoms with Crippen molar-refractivity contribution in [3.63, 3.8) is 0 Å². The van der Waals surface area contributed by atoms with Crippen LogP contribution in [0.25, 0.3) is 16.6 Å². The molecule has 0 aliphatic carbocycles. The smallest absolute Gasteiger partial charge is 0.194 e. The Kier molecular flexibility index (Phi) is 4.65. The Morgan fingerprint density at radius 3 is 2.14 bits per heavy atom. The van der Waals surface area contributed by atoms with Crippen LogP contribution in [0.3, 0.4) is 0 Å². The summed E-state index contributed by atoms with van der Waals surface area (Å²) in [6.45, 7) is 5.96. The number of aryl methyl sites for hydroxylation is 3. The molecule has 1 N–H and O–H groups in total. The molecular formula is C23H20ClN3O. The van der Waals surface area contributed by atoms with Gasteiger partial charge in [-0.1, -0.05) is 47.0 Å². The highest BCUT2D eigenvalue weighted by molar-refractivity contribution is 6.34. The lowest BCUT2D eigenvalue weighted by molar-refractivity contribution is 1.09. The van der Waals surface area contributed by atoms with Crippen molar-refractivity contribution in [3.05, 3.63) is 92.9 Å². The Bertz CT molecular complexity index is 1230. The second-order valence-electron chi connectivity index (χ2n) is 7.00.